The molecule has 19 heavy (non-hydrogen) atoms. The van der Waals surface area contributed by atoms with Gasteiger partial charge in [-0.2, -0.15) is 0 Å². The fourth-order valence-corrected chi connectivity index (χ4v) is 2.35. The van der Waals surface area contributed by atoms with E-state index in [1.807, 2.05) is 0 Å². The summed E-state index contributed by atoms with van der Waals surface area (Å²) in [5.41, 5.74) is 4.27. The number of unbranched alkanes of at least 4 members (excludes halogenated alkanes) is 2. The Morgan fingerprint density at radius 2 is 1.53 bits per heavy atom. The van der Waals surface area contributed by atoms with Gasteiger partial charge < -0.3 is 9.69 Å². The van der Waals surface area contributed by atoms with Crippen molar-refractivity contribution in [2.24, 2.45) is 0 Å². The Morgan fingerprint density at radius 1 is 0.895 bits per heavy atom. The van der Waals surface area contributed by atoms with Crippen LogP contribution in [0.2, 0.25) is 0 Å². The summed E-state index contributed by atoms with van der Waals surface area (Å²) in [6.07, 6.45) is 6.35. The Kier molecular flexibility index (Phi) is 7.37. The Balaban J connectivity index is 2.57. The predicted molar refractivity (Wildman–Crippen MR) is 80.0 cm³/mol. The SMILES string of the molecule is [C-]#[N+]CCCCc1cccc(C)c1CCCC[N+]#[C-]. The van der Waals surface area contributed by atoms with Gasteiger partial charge in [-0.3, -0.25) is 0 Å². The lowest BCUT2D eigenvalue weighted by atomic mass is 9.94. The van der Waals surface area contributed by atoms with Gasteiger partial charge >= 0.3 is 0 Å². The summed E-state index contributed by atoms with van der Waals surface area (Å²) < 4.78 is 0. The lowest BCUT2D eigenvalue weighted by Gasteiger charge is -2.11. The summed E-state index contributed by atoms with van der Waals surface area (Å²) in [5.74, 6) is 0. The van der Waals surface area contributed by atoms with Crippen molar-refractivity contribution < 1.29 is 0 Å². The molecule has 0 aliphatic rings. The maximum Gasteiger partial charge on any atom is 0.214 e. The quantitative estimate of drug-likeness (QED) is 0.478. The van der Waals surface area contributed by atoms with Crippen LogP contribution in [0.3, 0.4) is 0 Å². The Labute approximate surface area is 117 Å². The maximum absolute atomic E-state index is 6.80. The van der Waals surface area contributed by atoms with Gasteiger partial charge in [-0.15, -0.1) is 0 Å². The molecule has 0 N–H and O–H groups in total. The molecule has 1 rings (SSSR count). The molecule has 100 valence electrons. The van der Waals surface area contributed by atoms with Crippen molar-refractivity contribution in [2.45, 2.75) is 45.4 Å². The van der Waals surface area contributed by atoms with Crippen LogP contribution in [0.15, 0.2) is 18.2 Å². The molecule has 0 atom stereocenters. The second kappa shape index (κ2) is 9.17. The zero-order chi connectivity index (χ0) is 13.9. The van der Waals surface area contributed by atoms with Crippen molar-refractivity contribution in [3.8, 4) is 0 Å². The van der Waals surface area contributed by atoms with E-state index < -0.39 is 0 Å². The van der Waals surface area contributed by atoms with Crippen LogP contribution < -0.4 is 0 Å². The fourth-order valence-electron chi connectivity index (χ4n) is 2.35. The molecule has 2 heteroatoms. The monoisotopic (exact) mass is 254 g/mol. The highest BCUT2D eigenvalue weighted by Gasteiger charge is 2.06. The third kappa shape index (κ3) is 5.58. The third-order valence-electron chi connectivity index (χ3n) is 3.42. The smallest absolute Gasteiger partial charge is 0.214 e. The first-order chi connectivity index (χ1) is 9.29. The van der Waals surface area contributed by atoms with Gasteiger partial charge in [0.2, 0.25) is 13.1 Å². The summed E-state index contributed by atoms with van der Waals surface area (Å²) in [7, 11) is 0. The molecule has 0 aliphatic heterocycles. The van der Waals surface area contributed by atoms with Gasteiger partial charge in [0.1, 0.15) is 0 Å². The van der Waals surface area contributed by atoms with Gasteiger partial charge in [0.05, 0.1) is 0 Å². The Morgan fingerprint density at radius 3 is 2.16 bits per heavy atom. The van der Waals surface area contributed by atoms with E-state index in [-0.39, 0.29) is 0 Å². The van der Waals surface area contributed by atoms with E-state index >= 15 is 0 Å². The van der Waals surface area contributed by atoms with Crippen LogP contribution in [0.1, 0.15) is 42.4 Å². The van der Waals surface area contributed by atoms with Crippen LogP contribution in [-0.2, 0) is 12.8 Å². The van der Waals surface area contributed by atoms with E-state index in [1.165, 1.54) is 16.7 Å². The van der Waals surface area contributed by atoms with Crippen molar-refractivity contribution >= 4 is 0 Å². The lowest BCUT2D eigenvalue weighted by Crippen LogP contribution is -1.99. The van der Waals surface area contributed by atoms with Crippen molar-refractivity contribution in [1.29, 1.82) is 0 Å². The van der Waals surface area contributed by atoms with E-state index in [0.717, 1.165) is 38.5 Å². The molecule has 0 amide bonds. The highest BCUT2D eigenvalue weighted by Crippen LogP contribution is 2.19. The van der Waals surface area contributed by atoms with Gasteiger partial charge in [0.15, 0.2) is 0 Å². The van der Waals surface area contributed by atoms with Crippen LogP contribution in [0.4, 0.5) is 0 Å². The van der Waals surface area contributed by atoms with E-state index in [9.17, 15) is 0 Å². The van der Waals surface area contributed by atoms with E-state index in [0.29, 0.717) is 13.1 Å². The van der Waals surface area contributed by atoms with Gasteiger partial charge in [-0.1, -0.05) is 18.2 Å². The van der Waals surface area contributed by atoms with Crippen LogP contribution in [0.25, 0.3) is 9.69 Å². The highest BCUT2D eigenvalue weighted by molar-refractivity contribution is 5.34. The summed E-state index contributed by atoms with van der Waals surface area (Å²) >= 11 is 0. The molecule has 0 bridgehead atoms. The molecule has 0 fully saturated rings. The molecule has 0 saturated carbocycles. The second-order valence-electron chi connectivity index (χ2n) is 4.89. The zero-order valence-electron chi connectivity index (χ0n) is 11.8. The molecule has 0 aliphatic carbocycles. The number of hydrogen-bond acceptors (Lipinski definition) is 0. The Bertz CT molecular complexity index is 463. The first-order valence-electron chi connectivity index (χ1n) is 7.03. The van der Waals surface area contributed by atoms with Gasteiger partial charge in [0.25, 0.3) is 0 Å². The molecule has 0 spiro atoms. The van der Waals surface area contributed by atoms with Crippen molar-refractivity contribution in [3.05, 3.63) is 57.7 Å². The highest BCUT2D eigenvalue weighted by atomic mass is 14.6. The van der Waals surface area contributed by atoms with E-state index in [4.69, 9.17) is 13.1 Å². The molecule has 0 saturated heterocycles. The minimum Gasteiger partial charge on any atom is -0.317 e. The van der Waals surface area contributed by atoms with E-state index in [2.05, 4.69) is 34.8 Å². The summed E-state index contributed by atoms with van der Waals surface area (Å²) in [6, 6.07) is 6.52. The number of benzene rings is 1. The van der Waals surface area contributed by atoms with Crippen molar-refractivity contribution in [1.82, 2.24) is 0 Å². The maximum atomic E-state index is 6.80. The number of nitrogens with zero attached hydrogens (tertiary/aromatic N) is 2. The number of aryl methyl sites for hydroxylation is 2. The van der Waals surface area contributed by atoms with Crippen molar-refractivity contribution in [3.63, 3.8) is 0 Å². The summed E-state index contributed by atoms with van der Waals surface area (Å²) in [4.78, 5) is 6.80. The van der Waals surface area contributed by atoms with E-state index in [1.54, 1.807) is 0 Å². The molecular weight excluding hydrogens is 232 g/mol. The number of hydrogen-bond donors (Lipinski definition) is 0. The van der Waals surface area contributed by atoms with Crippen molar-refractivity contribution in [2.75, 3.05) is 13.1 Å². The zero-order valence-corrected chi connectivity index (χ0v) is 11.8. The third-order valence-corrected chi connectivity index (χ3v) is 3.42. The Hall–Kier alpha value is -1.80. The van der Waals surface area contributed by atoms with Gasteiger partial charge in [-0.05, 0) is 49.3 Å². The van der Waals surface area contributed by atoms with Crippen LogP contribution >= 0.6 is 0 Å². The molecule has 0 aromatic heterocycles. The molecular formula is C17H22N2. The predicted octanol–water partition coefficient (Wildman–Crippen LogP) is 4.48. The average Bonchev–Trinajstić information content (AvgIpc) is 2.42. The van der Waals surface area contributed by atoms with Crippen LogP contribution in [0.5, 0.6) is 0 Å². The first-order valence-corrected chi connectivity index (χ1v) is 7.03. The second-order valence-corrected chi connectivity index (χ2v) is 4.89. The molecule has 1 aromatic rings. The minimum absolute atomic E-state index is 0.645. The molecule has 0 radical (unpaired) electrons. The lowest BCUT2D eigenvalue weighted by molar-refractivity contribution is 0.742. The molecule has 0 heterocycles. The van der Waals surface area contributed by atoms with Gasteiger partial charge in [-0.25, -0.2) is 13.1 Å². The first kappa shape index (κ1) is 15.3. The fraction of sp³-hybridized carbons (Fsp3) is 0.529. The molecule has 2 nitrogen and oxygen atoms in total. The minimum atomic E-state index is 0.645. The number of rotatable bonds is 8. The normalized spacial score (nSPS) is 9.84. The van der Waals surface area contributed by atoms with Crippen LogP contribution in [-0.4, -0.2) is 13.1 Å². The molecule has 1 aromatic carbocycles. The van der Waals surface area contributed by atoms with Gasteiger partial charge in [0, 0.05) is 12.8 Å². The average molecular weight is 254 g/mol. The standard InChI is InChI=1S/C17H22N2/c1-15-9-8-11-16(10-4-6-13-18-2)17(15)12-5-7-14-19-3/h8-9,11H,4-7,10,12-14H2,1H3. The summed E-state index contributed by atoms with van der Waals surface area (Å²) in [5, 5.41) is 0. The van der Waals surface area contributed by atoms with Crippen LogP contribution in [0, 0.1) is 20.1 Å². The topological polar surface area (TPSA) is 8.72 Å². The summed E-state index contributed by atoms with van der Waals surface area (Å²) in [6.45, 7) is 17.1. The molecule has 0 unspecified atom stereocenters. The largest absolute Gasteiger partial charge is 0.317 e.